The molecule has 0 heterocycles. The first kappa shape index (κ1) is 16.0. The lowest BCUT2D eigenvalue weighted by molar-refractivity contribution is -0.119. The summed E-state index contributed by atoms with van der Waals surface area (Å²) in [7, 11) is 0. The lowest BCUT2D eigenvalue weighted by Crippen LogP contribution is -2.37. The number of benzene rings is 1. The van der Waals surface area contributed by atoms with E-state index in [4.69, 9.17) is 0 Å². The first-order valence-corrected chi connectivity index (χ1v) is 7.37. The molecule has 0 fully saturated rings. The Balaban J connectivity index is 2.38. The summed E-state index contributed by atoms with van der Waals surface area (Å²) in [6, 6.07) is 4.19. The smallest absolute Gasteiger partial charge is 0.230 e. The zero-order valence-corrected chi connectivity index (χ0v) is 12.2. The van der Waals surface area contributed by atoms with E-state index >= 15 is 0 Å². The zero-order valence-electron chi connectivity index (χ0n) is 11.4. The van der Waals surface area contributed by atoms with Gasteiger partial charge in [-0.1, -0.05) is 26.0 Å². The molecule has 0 saturated heterocycles. The molecule has 2 nitrogen and oxygen atoms in total. The van der Waals surface area contributed by atoms with Crippen molar-refractivity contribution in [3.05, 3.63) is 35.4 Å². The molecule has 1 rings (SSSR count). The van der Waals surface area contributed by atoms with Crippen LogP contribution in [0, 0.1) is 17.6 Å². The minimum Gasteiger partial charge on any atom is -0.353 e. The summed E-state index contributed by atoms with van der Waals surface area (Å²) in [4.78, 5) is 11.6. The van der Waals surface area contributed by atoms with Crippen LogP contribution in [0.2, 0.25) is 0 Å². The average molecular weight is 287 g/mol. The highest BCUT2D eigenvalue weighted by atomic mass is 32.2. The number of nitrogens with one attached hydrogen (secondary N) is 1. The molecule has 0 aromatic heterocycles. The molecule has 1 aromatic rings. The molecule has 0 aliphatic rings. The third kappa shape index (κ3) is 5.19. The number of carbonyl (C=O) groups excluding carboxylic acids is 1. The van der Waals surface area contributed by atoms with Gasteiger partial charge in [0.15, 0.2) is 11.6 Å². The highest BCUT2D eigenvalue weighted by molar-refractivity contribution is 7.99. The molecule has 0 aliphatic heterocycles. The van der Waals surface area contributed by atoms with E-state index in [1.54, 1.807) is 0 Å². The number of thioether (sulfide) groups is 1. The standard InChI is InChI=1S/C14H19F2NOS/c1-9(2)10(3)17-13(18)8-19-7-11-5-4-6-12(15)14(11)16/h4-6,9-10H,7-8H2,1-3H3,(H,17,18). The Kier molecular flexibility index (Phi) is 6.28. The van der Waals surface area contributed by atoms with Gasteiger partial charge < -0.3 is 5.32 Å². The molecule has 1 atom stereocenters. The maximum absolute atomic E-state index is 13.4. The van der Waals surface area contributed by atoms with Crippen LogP contribution in [0.25, 0.3) is 0 Å². The van der Waals surface area contributed by atoms with Crippen LogP contribution in [0.5, 0.6) is 0 Å². The highest BCUT2D eigenvalue weighted by Gasteiger charge is 2.12. The molecule has 5 heteroatoms. The molecule has 1 aromatic carbocycles. The maximum atomic E-state index is 13.4. The predicted molar refractivity (Wildman–Crippen MR) is 75.0 cm³/mol. The number of halogens is 2. The second-order valence-corrected chi connectivity index (χ2v) is 5.79. The van der Waals surface area contributed by atoms with E-state index in [2.05, 4.69) is 5.32 Å². The van der Waals surface area contributed by atoms with Crippen molar-refractivity contribution in [3.8, 4) is 0 Å². The van der Waals surface area contributed by atoms with Crippen LogP contribution in [0.15, 0.2) is 18.2 Å². The van der Waals surface area contributed by atoms with Crippen LogP contribution in [0.1, 0.15) is 26.3 Å². The molecule has 0 bridgehead atoms. The van der Waals surface area contributed by atoms with Gasteiger partial charge in [-0.15, -0.1) is 11.8 Å². The summed E-state index contributed by atoms with van der Waals surface area (Å²) < 4.78 is 26.3. The lowest BCUT2D eigenvalue weighted by atomic mass is 10.1. The van der Waals surface area contributed by atoms with Gasteiger partial charge in [0.05, 0.1) is 5.75 Å². The van der Waals surface area contributed by atoms with Crippen molar-refractivity contribution in [1.29, 1.82) is 0 Å². The van der Waals surface area contributed by atoms with Crippen molar-refractivity contribution in [2.45, 2.75) is 32.6 Å². The van der Waals surface area contributed by atoms with Crippen LogP contribution < -0.4 is 5.32 Å². The first-order chi connectivity index (χ1) is 8.91. The molecular formula is C14H19F2NOS. The van der Waals surface area contributed by atoms with E-state index in [-0.39, 0.29) is 29.0 Å². The Morgan fingerprint density at radius 3 is 2.63 bits per heavy atom. The number of amides is 1. The third-order valence-electron chi connectivity index (χ3n) is 2.91. The largest absolute Gasteiger partial charge is 0.353 e. The topological polar surface area (TPSA) is 29.1 Å². The van der Waals surface area contributed by atoms with Gasteiger partial charge in [-0.2, -0.15) is 0 Å². The average Bonchev–Trinajstić information content (AvgIpc) is 2.34. The normalized spacial score (nSPS) is 12.5. The fourth-order valence-corrected chi connectivity index (χ4v) is 2.19. The van der Waals surface area contributed by atoms with Gasteiger partial charge in [0, 0.05) is 17.4 Å². The van der Waals surface area contributed by atoms with Gasteiger partial charge in [0.1, 0.15) is 0 Å². The molecular weight excluding hydrogens is 268 g/mol. The Morgan fingerprint density at radius 1 is 1.32 bits per heavy atom. The summed E-state index contributed by atoms with van der Waals surface area (Å²) in [5.74, 6) is -0.861. The fourth-order valence-electron chi connectivity index (χ4n) is 1.38. The Labute approximate surface area is 117 Å². The molecule has 1 amide bonds. The number of carbonyl (C=O) groups is 1. The summed E-state index contributed by atoms with van der Waals surface area (Å²) in [5.41, 5.74) is 0.287. The van der Waals surface area contributed by atoms with Gasteiger partial charge in [-0.25, -0.2) is 8.78 Å². The van der Waals surface area contributed by atoms with E-state index in [0.29, 0.717) is 5.92 Å². The van der Waals surface area contributed by atoms with E-state index < -0.39 is 11.6 Å². The molecule has 19 heavy (non-hydrogen) atoms. The molecule has 0 aliphatic carbocycles. The summed E-state index contributed by atoms with van der Waals surface area (Å²) in [6.07, 6.45) is 0. The quantitative estimate of drug-likeness (QED) is 0.869. The minimum atomic E-state index is -0.851. The molecule has 106 valence electrons. The molecule has 0 spiro atoms. The summed E-state index contributed by atoms with van der Waals surface area (Å²) in [6.45, 7) is 6.00. The number of hydrogen-bond acceptors (Lipinski definition) is 2. The van der Waals surface area contributed by atoms with E-state index in [1.165, 1.54) is 23.9 Å². The van der Waals surface area contributed by atoms with Crippen LogP contribution in [0.3, 0.4) is 0 Å². The van der Waals surface area contributed by atoms with Crippen LogP contribution in [0.4, 0.5) is 8.78 Å². The Hall–Kier alpha value is -1.10. The van der Waals surface area contributed by atoms with Gasteiger partial charge in [0.2, 0.25) is 5.91 Å². The molecule has 0 radical (unpaired) electrons. The SMILES string of the molecule is CC(C)C(C)NC(=O)CSCc1cccc(F)c1F. The summed E-state index contributed by atoms with van der Waals surface area (Å²) in [5, 5.41) is 2.86. The summed E-state index contributed by atoms with van der Waals surface area (Å²) >= 11 is 1.27. The van der Waals surface area contributed by atoms with Crippen molar-refractivity contribution >= 4 is 17.7 Å². The lowest BCUT2D eigenvalue weighted by Gasteiger charge is -2.17. The van der Waals surface area contributed by atoms with E-state index in [9.17, 15) is 13.6 Å². The van der Waals surface area contributed by atoms with Gasteiger partial charge in [-0.05, 0) is 18.9 Å². The second kappa shape index (κ2) is 7.48. The van der Waals surface area contributed by atoms with Gasteiger partial charge in [-0.3, -0.25) is 4.79 Å². The predicted octanol–water partition coefficient (Wildman–Crippen LogP) is 3.36. The van der Waals surface area contributed by atoms with Crippen molar-refractivity contribution < 1.29 is 13.6 Å². The second-order valence-electron chi connectivity index (χ2n) is 4.81. The zero-order chi connectivity index (χ0) is 14.4. The van der Waals surface area contributed by atoms with Crippen molar-refractivity contribution in [2.24, 2.45) is 5.92 Å². The van der Waals surface area contributed by atoms with E-state index in [0.717, 1.165) is 6.07 Å². The van der Waals surface area contributed by atoms with Crippen LogP contribution in [-0.2, 0) is 10.5 Å². The minimum absolute atomic E-state index is 0.0805. The maximum Gasteiger partial charge on any atom is 0.230 e. The van der Waals surface area contributed by atoms with Gasteiger partial charge in [0.25, 0.3) is 0 Å². The van der Waals surface area contributed by atoms with Crippen molar-refractivity contribution in [2.75, 3.05) is 5.75 Å². The monoisotopic (exact) mass is 287 g/mol. The van der Waals surface area contributed by atoms with Crippen molar-refractivity contribution in [3.63, 3.8) is 0 Å². The Bertz CT molecular complexity index is 437. The van der Waals surface area contributed by atoms with Crippen molar-refractivity contribution in [1.82, 2.24) is 5.32 Å². The Morgan fingerprint density at radius 2 is 2.00 bits per heavy atom. The fraction of sp³-hybridized carbons (Fsp3) is 0.500. The molecule has 1 unspecified atom stereocenters. The van der Waals surface area contributed by atoms with Crippen LogP contribution >= 0.6 is 11.8 Å². The highest BCUT2D eigenvalue weighted by Crippen LogP contribution is 2.17. The first-order valence-electron chi connectivity index (χ1n) is 6.21. The number of hydrogen-bond donors (Lipinski definition) is 1. The van der Waals surface area contributed by atoms with E-state index in [1.807, 2.05) is 20.8 Å². The molecule has 1 N–H and O–H groups in total. The number of rotatable bonds is 6. The van der Waals surface area contributed by atoms with Crippen LogP contribution in [-0.4, -0.2) is 17.7 Å². The molecule has 0 saturated carbocycles. The van der Waals surface area contributed by atoms with Gasteiger partial charge >= 0.3 is 0 Å². The third-order valence-corrected chi connectivity index (χ3v) is 3.89.